The molecule has 3 aliphatic rings. The van der Waals surface area contributed by atoms with Crippen LogP contribution in [0.15, 0.2) is 205 Å². The Labute approximate surface area is 282 Å². The van der Waals surface area contributed by atoms with Crippen molar-refractivity contribution in [2.24, 2.45) is 0 Å². The Morgan fingerprint density at radius 2 is 0.604 bits per heavy atom. The molecule has 6 aromatic rings. The zero-order valence-electron chi connectivity index (χ0n) is 26.5. The summed E-state index contributed by atoms with van der Waals surface area (Å²) in [5, 5.41) is 2.56. The van der Waals surface area contributed by atoms with E-state index in [4.69, 9.17) is 0 Å². The third kappa shape index (κ3) is 5.05. The van der Waals surface area contributed by atoms with Crippen molar-refractivity contribution in [3.8, 4) is 0 Å². The summed E-state index contributed by atoms with van der Waals surface area (Å²) in [5.41, 5.74) is 17.6. The average Bonchev–Trinajstić information content (AvgIpc) is 3.51. The van der Waals surface area contributed by atoms with Crippen LogP contribution in [0.25, 0.3) is 33.1 Å². The van der Waals surface area contributed by atoms with Gasteiger partial charge in [-0.1, -0.05) is 182 Å². The Bertz CT molecular complexity index is 2220. The maximum atomic E-state index is 2.36. The molecular formula is C48H32. The number of benzene rings is 6. The van der Waals surface area contributed by atoms with E-state index in [2.05, 4.69) is 194 Å². The van der Waals surface area contributed by atoms with Crippen molar-refractivity contribution in [2.45, 2.75) is 0 Å². The smallest absolute Gasteiger partial charge is 0.00139 e. The van der Waals surface area contributed by atoms with Crippen molar-refractivity contribution in [1.29, 1.82) is 0 Å². The first-order chi connectivity index (χ1) is 23.8. The van der Waals surface area contributed by atoms with Crippen molar-refractivity contribution in [3.63, 3.8) is 0 Å². The maximum Gasteiger partial charge on any atom is -0.00139 e. The van der Waals surface area contributed by atoms with Gasteiger partial charge in [-0.15, -0.1) is 0 Å². The van der Waals surface area contributed by atoms with Crippen molar-refractivity contribution in [1.82, 2.24) is 0 Å². The minimum atomic E-state index is 1.21. The number of hydrogen-bond donors (Lipinski definition) is 0. The van der Waals surface area contributed by atoms with Crippen LogP contribution in [0.4, 0.5) is 0 Å². The Balaban J connectivity index is 1.17. The van der Waals surface area contributed by atoms with Crippen LogP contribution in [0.3, 0.4) is 0 Å². The molecule has 0 aromatic heterocycles. The highest BCUT2D eigenvalue weighted by Crippen LogP contribution is 2.51. The van der Waals surface area contributed by atoms with Crippen LogP contribution in [-0.2, 0) is 0 Å². The summed E-state index contributed by atoms with van der Waals surface area (Å²) >= 11 is 0. The van der Waals surface area contributed by atoms with Crippen LogP contribution < -0.4 is 0 Å². The molecule has 0 bridgehead atoms. The third-order valence-corrected chi connectivity index (χ3v) is 9.56. The summed E-state index contributed by atoms with van der Waals surface area (Å²) in [6.45, 7) is 0. The molecular weight excluding hydrogens is 577 g/mol. The molecule has 0 nitrogen and oxygen atoms in total. The van der Waals surface area contributed by atoms with Gasteiger partial charge in [0.05, 0.1) is 0 Å². The zero-order valence-corrected chi connectivity index (χ0v) is 26.5. The fourth-order valence-electron chi connectivity index (χ4n) is 7.22. The largest absolute Gasteiger partial charge is 0.0622 e. The average molecular weight is 609 g/mol. The van der Waals surface area contributed by atoms with E-state index in [1.807, 2.05) is 0 Å². The van der Waals surface area contributed by atoms with E-state index in [-0.39, 0.29) is 0 Å². The second-order valence-corrected chi connectivity index (χ2v) is 12.5. The summed E-state index contributed by atoms with van der Waals surface area (Å²) in [5.74, 6) is 0. The molecule has 0 unspecified atom stereocenters. The quantitative estimate of drug-likeness (QED) is 0.176. The molecule has 3 aliphatic carbocycles. The van der Waals surface area contributed by atoms with E-state index in [1.165, 1.54) is 88.7 Å². The van der Waals surface area contributed by atoms with Gasteiger partial charge in [0.1, 0.15) is 0 Å². The minimum absolute atomic E-state index is 1.21. The molecule has 0 amide bonds. The topological polar surface area (TPSA) is 0 Å². The van der Waals surface area contributed by atoms with Gasteiger partial charge in [-0.3, -0.25) is 0 Å². The Morgan fingerprint density at radius 3 is 0.979 bits per heavy atom. The lowest BCUT2D eigenvalue weighted by Crippen LogP contribution is -1.95. The highest BCUT2D eigenvalue weighted by atomic mass is 14.3. The lowest BCUT2D eigenvalue weighted by atomic mass is 9.89. The normalized spacial score (nSPS) is 13.8. The molecule has 0 heteroatoms. The molecule has 9 rings (SSSR count). The summed E-state index contributed by atoms with van der Waals surface area (Å²) in [6.07, 6.45) is 17.3. The van der Waals surface area contributed by atoms with Gasteiger partial charge in [0.2, 0.25) is 0 Å². The van der Waals surface area contributed by atoms with E-state index in [1.54, 1.807) is 0 Å². The fraction of sp³-hybridized carbons (Fsp3) is 0. The second kappa shape index (κ2) is 11.8. The van der Waals surface area contributed by atoms with Crippen molar-refractivity contribution < 1.29 is 0 Å². The SMILES string of the molecule is C1=CC(=C(c2ccccc2)c2ccc(C(=C3c4cc5ccccc5cc43)c3ccc(C(=C4C=CC=C4)c4ccccc4)cc3)cc2)C=C1. The lowest BCUT2D eigenvalue weighted by Gasteiger charge is -2.15. The first-order valence-electron chi connectivity index (χ1n) is 16.6. The number of fused-ring (bicyclic) bond motifs is 2. The van der Waals surface area contributed by atoms with Crippen molar-refractivity contribution in [3.05, 3.63) is 250 Å². The lowest BCUT2D eigenvalue weighted by molar-refractivity contribution is 1.48. The first kappa shape index (κ1) is 28.0. The van der Waals surface area contributed by atoms with Crippen LogP contribution in [-0.4, -0.2) is 0 Å². The maximum absolute atomic E-state index is 2.36. The molecule has 0 aliphatic heterocycles. The van der Waals surface area contributed by atoms with Gasteiger partial charge >= 0.3 is 0 Å². The minimum Gasteiger partial charge on any atom is -0.0622 e. The van der Waals surface area contributed by atoms with E-state index < -0.39 is 0 Å². The molecule has 0 heterocycles. The molecule has 0 fully saturated rings. The number of hydrogen-bond acceptors (Lipinski definition) is 0. The summed E-state index contributed by atoms with van der Waals surface area (Å²) < 4.78 is 0. The third-order valence-electron chi connectivity index (χ3n) is 9.56. The highest BCUT2D eigenvalue weighted by molar-refractivity contribution is 6.18. The number of rotatable bonds is 6. The molecule has 0 radical (unpaired) electrons. The van der Waals surface area contributed by atoms with Crippen LogP contribution in [0.2, 0.25) is 0 Å². The first-order valence-corrected chi connectivity index (χ1v) is 16.6. The molecule has 0 saturated carbocycles. The van der Waals surface area contributed by atoms with Crippen molar-refractivity contribution in [2.75, 3.05) is 0 Å². The van der Waals surface area contributed by atoms with Gasteiger partial charge in [-0.25, -0.2) is 0 Å². The monoisotopic (exact) mass is 608 g/mol. The second-order valence-electron chi connectivity index (χ2n) is 12.5. The molecule has 0 N–H and O–H groups in total. The molecule has 0 atom stereocenters. The van der Waals surface area contributed by atoms with Gasteiger partial charge in [0.15, 0.2) is 0 Å². The molecule has 48 heavy (non-hydrogen) atoms. The molecule has 6 aromatic carbocycles. The summed E-state index contributed by atoms with van der Waals surface area (Å²) in [7, 11) is 0. The Hall–Kier alpha value is -6.24. The zero-order chi connectivity index (χ0) is 31.9. The fourth-order valence-corrected chi connectivity index (χ4v) is 7.22. The predicted molar refractivity (Wildman–Crippen MR) is 203 cm³/mol. The van der Waals surface area contributed by atoms with Crippen LogP contribution in [0.5, 0.6) is 0 Å². The Kier molecular flexibility index (Phi) is 6.91. The van der Waals surface area contributed by atoms with Gasteiger partial charge in [0.25, 0.3) is 0 Å². The van der Waals surface area contributed by atoms with Crippen LogP contribution in [0.1, 0.15) is 44.5 Å². The summed E-state index contributed by atoms with van der Waals surface area (Å²) in [6, 6.07) is 53.2. The highest BCUT2D eigenvalue weighted by Gasteiger charge is 2.30. The van der Waals surface area contributed by atoms with Gasteiger partial charge in [-0.2, -0.15) is 0 Å². The molecule has 0 saturated heterocycles. The van der Waals surface area contributed by atoms with Crippen molar-refractivity contribution >= 4 is 33.1 Å². The van der Waals surface area contributed by atoms with E-state index in [0.717, 1.165) is 0 Å². The van der Waals surface area contributed by atoms with Gasteiger partial charge in [-0.05, 0) is 101 Å². The van der Waals surface area contributed by atoms with E-state index in [0.29, 0.717) is 0 Å². The Morgan fingerprint density at radius 1 is 0.292 bits per heavy atom. The van der Waals surface area contributed by atoms with E-state index >= 15 is 0 Å². The summed E-state index contributed by atoms with van der Waals surface area (Å²) in [4.78, 5) is 0. The molecule has 0 spiro atoms. The number of allylic oxidation sites excluding steroid dienone is 10. The van der Waals surface area contributed by atoms with E-state index in [9.17, 15) is 0 Å². The standard InChI is InChI=1S/C48H32/c1-3-13-33(14-4-1)45(35-17-7-8-18-35)37-23-27-39(28-24-37)47(48-43-31-41-21-11-12-22-42(41)32-44(43)48)40-29-25-38(26-30-40)46(36-19-9-10-20-36)34-15-5-2-6-16-34/h1-32H. The van der Waals surface area contributed by atoms with Gasteiger partial charge in [0, 0.05) is 0 Å². The molecule has 224 valence electrons. The van der Waals surface area contributed by atoms with Gasteiger partial charge < -0.3 is 0 Å². The van der Waals surface area contributed by atoms with Crippen LogP contribution in [0, 0.1) is 0 Å². The van der Waals surface area contributed by atoms with Crippen LogP contribution >= 0.6 is 0 Å². The predicted octanol–water partition coefficient (Wildman–Crippen LogP) is 12.0.